The van der Waals surface area contributed by atoms with Crippen molar-refractivity contribution in [2.75, 3.05) is 0 Å². The van der Waals surface area contributed by atoms with Crippen LogP contribution >= 0.6 is 0 Å². The number of hydroxylamine groups is 1. The molecule has 2 N–H and O–H groups in total. The number of benzene rings is 2. The standard InChI is InChI=1S/C17H19NO3/c19-17(20)12-16(11-14-7-3-1-4-8-14)18-21-13-15-9-5-2-6-10-15/h1-10,16,18H,11-13H2,(H,19,20)/t16-/m0/s1. The highest BCUT2D eigenvalue weighted by Gasteiger charge is 2.14. The molecule has 0 aliphatic rings. The van der Waals surface area contributed by atoms with E-state index in [-0.39, 0.29) is 12.5 Å². The average Bonchev–Trinajstić information content (AvgIpc) is 2.49. The van der Waals surface area contributed by atoms with E-state index in [1.165, 1.54) is 0 Å². The van der Waals surface area contributed by atoms with Gasteiger partial charge in [-0.2, -0.15) is 5.48 Å². The number of carboxylic acid groups (broad SMARTS) is 1. The van der Waals surface area contributed by atoms with Crippen molar-refractivity contribution in [1.29, 1.82) is 0 Å². The van der Waals surface area contributed by atoms with E-state index in [9.17, 15) is 4.79 Å². The molecular formula is C17H19NO3. The van der Waals surface area contributed by atoms with Crippen LogP contribution in [-0.2, 0) is 22.7 Å². The van der Waals surface area contributed by atoms with Crippen LogP contribution in [0.1, 0.15) is 17.5 Å². The van der Waals surface area contributed by atoms with Gasteiger partial charge in [0.15, 0.2) is 0 Å². The van der Waals surface area contributed by atoms with E-state index in [0.29, 0.717) is 13.0 Å². The molecule has 0 aromatic heterocycles. The second kappa shape index (κ2) is 8.19. The maximum atomic E-state index is 10.9. The molecule has 110 valence electrons. The number of hydrogen-bond donors (Lipinski definition) is 2. The molecule has 0 saturated carbocycles. The largest absolute Gasteiger partial charge is 0.481 e. The first-order chi connectivity index (χ1) is 10.2. The summed E-state index contributed by atoms with van der Waals surface area (Å²) in [7, 11) is 0. The average molecular weight is 285 g/mol. The fourth-order valence-corrected chi connectivity index (χ4v) is 2.08. The summed E-state index contributed by atoms with van der Waals surface area (Å²) in [5.74, 6) is -0.841. The van der Waals surface area contributed by atoms with Crippen molar-refractivity contribution in [2.24, 2.45) is 0 Å². The number of rotatable bonds is 8. The van der Waals surface area contributed by atoms with Crippen LogP contribution < -0.4 is 5.48 Å². The van der Waals surface area contributed by atoms with Gasteiger partial charge in [0.2, 0.25) is 0 Å². The molecule has 0 radical (unpaired) electrons. The van der Waals surface area contributed by atoms with Crippen molar-refractivity contribution in [1.82, 2.24) is 5.48 Å². The molecule has 1 atom stereocenters. The zero-order chi connectivity index (χ0) is 14.9. The van der Waals surface area contributed by atoms with Crippen molar-refractivity contribution >= 4 is 5.97 Å². The minimum Gasteiger partial charge on any atom is -0.481 e. The van der Waals surface area contributed by atoms with Crippen molar-refractivity contribution in [3.05, 3.63) is 71.8 Å². The Hall–Kier alpha value is -2.17. The number of hydrogen-bond acceptors (Lipinski definition) is 3. The Balaban J connectivity index is 1.86. The molecule has 0 saturated heterocycles. The predicted molar refractivity (Wildman–Crippen MR) is 80.6 cm³/mol. The van der Waals surface area contributed by atoms with Gasteiger partial charge in [0.1, 0.15) is 0 Å². The minimum absolute atomic E-state index is 0.0175. The molecule has 4 nitrogen and oxygen atoms in total. The Morgan fingerprint density at radius 3 is 2.14 bits per heavy atom. The third-order valence-electron chi connectivity index (χ3n) is 3.08. The van der Waals surface area contributed by atoms with Gasteiger partial charge in [-0.25, -0.2) is 0 Å². The van der Waals surface area contributed by atoms with Crippen LogP contribution in [0.3, 0.4) is 0 Å². The number of carbonyl (C=O) groups is 1. The monoisotopic (exact) mass is 285 g/mol. The molecule has 0 aliphatic carbocycles. The molecule has 21 heavy (non-hydrogen) atoms. The highest BCUT2D eigenvalue weighted by atomic mass is 16.6. The summed E-state index contributed by atoms with van der Waals surface area (Å²) < 4.78 is 0. The molecule has 0 aliphatic heterocycles. The second-order valence-electron chi connectivity index (χ2n) is 4.88. The van der Waals surface area contributed by atoms with Crippen molar-refractivity contribution < 1.29 is 14.7 Å². The Kier molecular flexibility index (Phi) is 5.94. The van der Waals surface area contributed by atoms with E-state index >= 15 is 0 Å². The molecule has 0 amide bonds. The van der Waals surface area contributed by atoms with Crippen molar-refractivity contribution in [3.63, 3.8) is 0 Å². The predicted octanol–water partition coefficient (Wildman–Crippen LogP) is 2.79. The van der Waals surface area contributed by atoms with Crippen LogP contribution in [0, 0.1) is 0 Å². The Morgan fingerprint density at radius 2 is 1.57 bits per heavy atom. The summed E-state index contributed by atoms with van der Waals surface area (Å²) in [6.07, 6.45) is 0.631. The van der Waals surface area contributed by atoms with Crippen LogP contribution in [0.15, 0.2) is 60.7 Å². The van der Waals surface area contributed by atoms with Crippen LogP contribution in [-0.4, -0.2) is 17.1 Å². The van der Waals surface area contributed by atoms with Crippen molar-refractivity contribution in [2.45, 2.75) is 25.5 Å². The SMILES string of the molecule is O=C(O)C[C@H](Cc1ccccc1)NOCc1ccccc1. The summed E-state index contributed by atoms with van der Waals surface area (Å²) in [4.78, 5) is 16.4. The molecule has 2 rings (SSSR count). The number of nitrogens with one attached hydrogen (secondary N) is 1. The van der Waals surface area contributed by atoms with Gasteiger partial charge in [0.05, 0.1) is 13.0 Å². The molecule has 2 aromatic rings. The first-order valence-electron chi connectivity index (χ1n) is 6.91. The lowest BCUT2D eigenvalue weighted by molar-refractivity contribution is -0.138. The van der Waals surface area contributed by atoms with Crippen LogP contribution in [0.2, 0.25) is 0 Å². The maximum Gasteiger partial charge on any atom is 0.305 e. The third kappa shape index (κ3) is 5.77. The Labute approximate surface area is 124 Å². The summed E-state index contributed by atoms with van der Waals surface area (Å²) in [6, 6.07) is 19.3. The summed E-state index contributed by atoms with van der Waals surface area (Å²) in [5.41, 5.74) is 4.99. The van der Waals surface area contributed by atoms with Gasteiger partial charge >= 0.3 is 5.97 Å². The molecule has 0 spiro atoms. The van der Waals surface area contributed by atoms with Gasteiger partial charge in [-0.3, -0.25) is 9.63 Å². The normalized spacial score (nSPS) is 12.0. The number of carboxylic acids is 1. The zero-order valence-electron chi connectivity index (χ0n) is 11.7. The van der Waals surface area contributed by atoms with Gasteiger partial charge < -0.3 is 5.11 Å². The second-order valence-corrected chi connectivity index (χ2v) is 4.88. The fourth-order valence-electron chi connectivity index (χ4n) is 2.08. The minimum atomic E-state index is -0.841. The fraction of sp³-hybridized carbons (Fsp3) is 0.235. The summed E-state index contributed by atoms with van der Waals surface area (Å²) in [6.45, 7) is 0.408. The van der Waals surface area contributed by atoms with Gasteiger partial charge in [-0.15, -0.1) is 0 Å². The van der Waals surface area contributed by atoms with E-state index in [1.807, 2.05) is 60.7 Å². The highest BCUT2D eigenvalue weighted by Crippen LogP contribution is 2.07. The van der Waals surface area contributed by atoms with Gasteiger partial charge in [0.25, 0.3) is 0 Å². The van der Waals surface area contributed by atoms with Crippen LogP contribution in [0.4, 0.5) is 0 Å². The maximum absolute atomic E-state index is 10.9. The molecule has 0 heterocycles. The molecular weight excluding hydrogens is 266 g/mol. The Bertz CT molecular complexity index is 542. The smallest absolute Gasteiger partial charge is 0.305 e. The molecule has 2 aromatic carbocycles. The molecule has 0 bridgehead atoms. The third-order valence-corrected chi connectivity index (χ3v) is 3.08. The van der Waals surface area contributed by atoms with E-state index in [0.717, 1.165) is 11.1 Å². The zero-order valence-corrected chi connectivity index (χ0v) is 11.7. The van der Waals surface area contributed by atoms with E-state index in [1.54, 1.807) is 0 Å². The topological polar surface area (TPSA) is 58.6 Å². The van der Waals surface area contributed by atoms with E-state index in [4.69, 9.17) is 9.94 Å². The highest BCUT2D eigenvalue weighted by molar-refractivity contribution is 5.67. The lowest BCUT2D eigenvalue weighted by Crippen LogP contribution is -2.33. The van der Waals surface area contributed by atoms with Gasteiger partial charge in [-0.05, 0) is 17.5 Å². The number of aliphatic carboxylic acids is 1. The van der Waals surface area contributed by atoms with Gasteiger partial charge in [-0.1, -0.05) is 60.7 Å². The Morgan fingerprint density at radius 1 is 1.00 bits per heavy atom. The lowest BCUT2D eigenvalue weighted by atomic mass is 10.0. The molecule has 0 fully saturated rings. The summed E-state index contributed by atoms with van der Waals surface area (Å²) in [5, 5.41) is 8.98. The van der Waals surface area contributed by atoms with Crippen LogP contribution in [0.25, 0.3) is 0 Å². The van der Waals surface area contributed by atoms with E-state index in [2.05, 4.69) is 5.48 Å². The quantitative estimate of drug-likeness (QED) is 0.732. The molecule has 0 unspecified atom stereocenters. The van der Waals surface area contributed by atoms with Crippen LogP contribution in [0.5, 0.6) is 0 Å². The molecule has 4 heteroatoms. The summed E-state index contributed by atoms with van der Waals surface area (Å²) >= 11 is 0. The van der Waals surface area contributed by atoms with Crippen molar-refractivity contribution in [3.8, 4) is 0 Å². The first-order valence-corrected chi connectivity index (χ1v) is 6.91. The van der Waals surface area contributed by atoms with E-state index < -0.39 is 5.97 Å². The lowest BCUT2D eigenvalue weighted by Gasteiger charge is -2.17. The van der Waals surface area contributed by atoms with Gasteiger partial charge in [0, 0.05) is 6.04 Å². The first kappa shape index (κ1) is 15.2.